The molecule has 2 rings (SSSR count). The van der Waals surface area contributed by atoms with Crippen LogP contribution in [-0.4, -0.2) is 23.5 Å². The molecule has 1 amide bonds. The fraction of sp³-hybridized carbons (Fsp3) is 0.500. The molecule has 1 aromatic heterocycles. The first kappa shape index (κ1) is 12.3. The van der Waals surface area contributed by atoms with Crippen molar-refractivity contribution in [2.24, 2.45) is 5.92 Å². The van der Waals surface area contributed by atoms with Crippen LogP contribution in [0.3, 0.4) is 0 Å². The second-order valence-electron chi connectivity index (χ2n) is 4.45. The first-order chi connectivity index (χ1) is 8.08. The van der Waals surface area contributed by atoms with Crippen LogP contribution < -0.4 is 10.6 Å². The van der Waals surface area contributed by atoms with Crippen molar-refractivity contribution < 1.29 is 4.79 Å². The van der Waals surface area contributed by atoms with E-state index in [0.29, 0.717) is 11.1 Å². The van der Waals surface area contributed by atoms with Gasteiger partial charge in [0.05, 0.1) is 17.4 Å². The van der Waals surface area contributed by atoms with E-state index in [4.69, 9.17) is 11.6 Å². The third-order valence-electron chi connectivity index (χ3n) is 3.13. The van der Waals surface area contributed by atoms with Crippen molar-refractivity contribution in [3.05, 3.63) is 23.0 Å². The standard InChI is InChI=1S/C12H16ClN3O/c1-7-5-6-14-11(7)12(17)16-9-3-4-10(13)15-8(9)2/h3-4,7,11,14H,5-6H2,1-2H3,(H,16,17). The SMILES string of the molecule is Cc1nc(Cl)ccc1NC(=O)C1NCCC1C. The molecule has 1 aromatic rings. The molecule has 17 heavy (non-hydrogen) atoms. The lowest BCUT2D eigenvalue weighted by Crippen LogP contribution is -2.39. The predicted octanol–water partition coefficient (Wildman–Crippen LogP) is 1.98. The van der Waals surface area contributed by atoms with E-state index in [9.17, 15) is 4.79 Å². The molecule has 92 valence electrons. The smallest absolute Gasteiger partial charge is 0.241 e. The zero-order valence-electron chi connectivity index (χ0n) is 9.96. The van der Waals surface area contributed by atoms with Crippen molar-refractivity contribution in [1.29, 1.82) is 0 Å². The summed E-state index contributed by atoms with van der Waals surface area (Å²) in [4.78, 5) is 16.1. The van der Waals surface area contributed by atoms with Gasteiger partial charge in [0.25, 0.3) is 0 Å². The van der Waals surface area contributed by atoms with Gasteiger partial charge in [-0.2, -0.15) is 0 Å². The van der Waals surface area contributed by atoms with Gasteiger partial charge in [0.15, 0.2) is 0 Å². The summed E-state index contributed by atoms with van der Waals surface area (Å²) < 4.78 is 0. The van der Waals surface area contributed by atoms with Gasteiger partial charge < -0.3 is 10.6 Å². The fourth-order valence-corrected chi connectivity index (χ4v) is 2.25. The quantitative estimate of drug-likeness (QED) is 0.793. The van der Waals surface area contributed by atoms with Crippen LogP contribution in [0.4, 0.5) is 5.69 Å². The number of pyridine rings is 1. The molecule has 0 radical (unpaired) electrons. The Morgan fingerprint density at radius 1 is 1.59 bits per heavy atom. The molecule has 0 spiro atoms. The van der Waals surface area contributed by atoms with Crippen LogP contribution in [0.15, 0.2) is 12.1 Å². The van der Waals surface area contributed by atoms with Crippen LogP contribution in [0.2, 0.25) is 5.15 Å². The van der Waals surface area contributed by atoms with Crippen LogP contribution >= 0.6 is 11.6 Å². The van der Waals surface area contributed by atoms with Gasteiger partial charge in [0.1, 0.15) is 5.15 Å². The average Bonchev–Trinajstić information content (AvgIpc) is 2.68. The fourth-order valence-electron chi connectivity index (χ4n) is 2.06. The predicted molar refractivity (Wildman–Crippen MR) is 68.2 cm³/mol. The Hall–Kier alpha value is -1.13. The molecule has 2 unspecified atom stereocenters. The second kappa shape index (κ2) is 5.02. The summed E-state index contributed by atoms with van der Waals surface area (Å²) in [5.74, 6) is 0.373. The van der Waals surface area contributed by atoms with Gasteiger partial charge in [-0.25, -0.2) is 4.98 Å². The molecule has 0 saturated carbocycles. The highest BCUT2D eigenvalue weighted by Crippen LogP contribution is 2.19. The molecule has 5 heteroatoms. The van der Waals surface area contributed by atoms with Gasteiger partial charge in [-0.3, -0.25) is 4.79 Å². The molecule has 1 aliphatic rings. The minimum Gasteiger partial charge on any atom is -0.323 e. The van der Waals surface area contributed by atoms with E-state index in [2.05, 4.69) is 22.5 Å². The van der Waals surface area contributed by atoms with Crippen LogP contribution in [0.25, 0.3) is 0 Å². The number of aryl methyl sites for hydroxylation is 1. The number of rotatable bonds is 2. The van der Waals surface area contributed by atoms with E-state index in [-0.39, 0.29) is 11.9 Å². The summed E-state index contributed by atoms with van der Waals surface area (Å²) >= 11 is 5.77. The minimum atomic E-state index is -0.106. The average molecular weight is 254 g/mol. The Kier molecular flexibility index (Phi) is 3.64. The Balaban J connectivity index is 2.07. The summed E-state index contributed by atoms with van der Waals surface area (Å²) in [6.45, 7) is 4.81. The van der Waals surface area contributed by atoms with Gasteiger partial charge in [-0.05, 0) is 37.9 Å². The van der Waals surface area contributed by atoms with Crippen molar-refractivity contribution in [2.45, 2.75) is 26.3 Å². The number of nitrogens with one attached hydrogen (secondary N) is 2. The van der Waals surface area contributed by atoms with E-state index in [1.54, 1.807) is 12.1 Å². The van der Waals surface area contributed by atoms with E-state index in [1.807, 2.05) is 6.92 Å². The lowest BCUT2D eigenvalue weighted by atomic mass is 10.0. The number of hydrogen-bond acceptors (Lipinski definition) is 3. The number of nitrogens with zero attached hydrogens (tertiary/aromatic N) is 1. The third-order valence-corrected chi connectivity index (χ3v) is 3.34. The summed E-state index contributed by atoms with van der Waals surface area (Å²) in [7, 11) is 0. The van der Waals surface area contributed by atoms with E-state index in [1.165, 1.54) is 0 Å². The van der Waals surface area contributed by atoms with Crippen LogP contribution in [0.1, 0.15) is 19.0 Å². The molecular weight excluding hydrogens is 238 g/mol. The zero-order chi connectivity index (χ0) is 12.4. The van der Waals surface area contributed by atoms with Gasteiger partial charge in [-0.15, -0.1) is 0 Å². The Labute approximate surface area is 106 Å². The molecule has 0 aromatic carbocycles. The third kappa shape index (κ3) is 2.76. The number of aromatic nitrogens is 1. The van der Waals surface area contributed by atoms with Crippen LogP contribution in [-0.2, 0) is 4.79 Å². The molecule has 1 fully saturated rings. The molecule has 0 aliphatic carbocycles. The molecule has 2 heterocycles. The molecular formula is C12H16ClN3O. The van der Waals surface area contributed by atoms with Crippen LogP contribution in [0.5, 0.6) is 0 Å². The minimum absolute atomic E-state index is 0.00206. The first-order valence-electron chi connectivity index (χ1n) is 5.75. The van der Waals surface area contributed by atoms with Crippen molar-refractivity contribution in [1.82, 2.24) is 10.3 Å². The van der Waals surface area contributed by atoms with Gasteiger partial charge in [0, 0.05) is 0 Å². The highest BCUT2D eigenvalue weighted by Gasteiger charge is 2.29. The second-order valence-corrected chi connectivity index (χ2v) is 4.84. The lowest BCUT2D eigenvalue weighted by Gasteiger charge is -2.16. The maximum absolute atomic E-state index is 12.0. The van der Waals surface area contributed by atoms with Crippen molar-refractivity contribution in [2.75, 3.05) is 11.9 Å². The molecule has 2 N–H and O–H groups in total. The van der Waals surface area contributed by atoms with E-state index in [0.717, 1.165) is 24.3 Å². The van der Waals surface area contributed by atoms with E-state index >= 15 is 0 Å². The Morgan fingerprint density at radius 2 is 2.35 bits per heavy atom. The highest BCUT2D eigenvalue weighted by atomic mass is 35.5. The van der Waals surface area contributed by atoms with E-state index < -0.39 is 0 Å². The molecule has 2 atom stereocenters. The van der Waals surface area contributed by atoms with Crippen molar-refractivity contribution in [3.8, 4) is 0 Å². The molecule has 1 saturated heterocycles. The molecule has 0 bridgehead atoms. The Bertz CT molecular complexity index is 436. The lowest BCUT2D eigenvalue weighted by molar-refractivity contribution is -0.118. The summed E-state index contributed by atoms with van der Waals surface area (Å²) in [5.41, 5.74) is 1.46. The monoisotopic (exact) mass is 253 g/mol. The number of carbonyl (C=O) groups excluding carboxylic acids is 1. The van der Waals surface area contributed by atoms with Crippen molar-refractivity contribution in [3.63, 3.8) is 0 Å². The number of anilines is 1. The maximum atomic E-state index is 12.0. The van der Waals surface area contributed by atoms with Gasteiger partial charge >= 0.3 is 0 Å². The summed E-state index contributed by atoms with van der Waals surface area (Å²) in [6, 6.07) is 3.35. The zero-order valence-corrected chi connectivity index (χ0v) is 10.7. The maximum Gasteiger partial charge on any atom is 0.241 e. The normalized spacial score (nSPS) is 23.7. The number of hydrogen-bond donors (Lipinski definition) is 2. The van der Waals surface area contributed by atoms with Crippen molar-refractivity contribution >= 4 is 23.2 Å². The van der Waals surface area contributed by atoms with Gasteiger partial charge in [0.2, 0.25) is 5.91 Å². The number of carbonyl (C=O) groups is 1. The summed E-state index contributed by atoms with van der Waals surface area (Å²) in [5, 5.41) is 6.52. The molecule has 4 nitrogen and oxygen atoms in total. The Morgan fingerprint density at radius 3 is 2.94 bits per heavy atom. The number of halogens is 1. The van der Waals surface area contributed by atoms with Gasteiger partial charge in [-0.1, -0.05) is 18.5 Å². The topological polar surface area (TPSA) is 54.0 Å². The van der Waals surface area contributed by atoms with Crippen LogP contribution in [0, 0.1) is 12.8 Å². The highest BCUT2D eigenvalue weighted by molar-refractivity contribution is 6.29. The number of amides is 1. The largest absolute Gasteiger partial charge is 0.323 e. The first-order valence-corrected chi connectivity index (χ1v) is 6.13. The summed E-state index contributed by atoms with van der Waals surface area (Å²) in [6.07, 6.45) is 1.04. The molecule has 1 aliphatic heterocycles.